The third-order valence-electron chi connectivity index (χ3n) is 3.23. The first-order valence-electron chi connectivity index (χ1n) is 6.74. The summed E-state index contributed by atoms with van der Waals surface area (Å²) in [5.41, 5.74) is 4.59. The first kappa shape index (κ1) is 15.9. The monoisotopic (exact) mass is 360 g/mol. The highest BCUT2D eigenvalue weighted by atomic mass is 32.2. The van der Waals surface area contributed by atoms with E-state index in [1.807, 2.05) is 31.2 Å². The van der Waals surface area contributed by atoms with Crippen molar-refractivity contribution < 1.29 is 9.59 Å². The van der Waals surface area contributed by atoms with Crippen molar-refractivity contribution in [3.8, 4) is 0 Å². The molecule has 2 aromatic rings. The molecule has 4 nitrogen and oxygen atoms in total. The summed E-state index contributed by atoms with van der Waals surface area (Å²) in [4.78, 5) is 25.6. The van der Waals surface area contributed by atoms with Crippen molar-refractivity contribution in [3.05, 3.63) is 62.7 Å². The van der Waals surface area contributed by atoms with Gasteiger partial charge in [0.2, 0.25) is 0 Å². The average molecular weight is 360 g/mol. The number of hydrogen-bond acceptors (Lipinski definition) is 5. The van der Waals surface area contributed by atoms with Crippen LogP contribution in [0, 0.1) is 6.92 Å². The van der Waals surface area contributed by atoms with Gasteiger partial charge >= 0.3 is 0 Å². The molecule has 0 saturated carbocycles. The zero-order chi connectivity index (χ0) is 16.4. The van der Waals surface area contributed by atoms with E-state index in [9.17, 15) is 9.59 Å². The van der Waals surface area contributed by atoms with E-state index in [1.54, 1.807) is 23.6 Å². The largest absolute Gasteiger partial charge is 0.285 e. The van der Waals surface area contributed by atoms with Crippen molar-refractivity contribution in [1.82, 2.24) is 10.4 Å². The fraction of sp³-hybridized carbons (Fsp3) is 0.0625. The Morgan fingerprint density at radius 3 is 2.74 bits per heavy atom. The molecular weight excluding hydrogens is 348 g/mol. The maximum absolute atomic E-state index is 12.5. The van der Waals surface area contributed by atoms with E-state index < -0.39 is 0 Å². The van der Waals surface area contributed by atoms with Crippen LogP contribution >= 0.6 is 35.3 Å². The van der Waals surface area contributed by atoms with Crippen LogP contribution in [0.3, 0.4) is 0 Å². The number of hydrogen-bond donors (Lipinski definition) is 1. The van der Waals surface area contributed by atoms with Gasteiger partial charge < -0.3 is 0 Å². The predicted molar refractivity (Wildman–Crippen MR) is 98.0 cm³/mol. The van der Waals surface area contributed by atoms with Gasteiger partial charge in [-0.05, 0) is 47.8 Å². The number of aryl methyl sites for hydroxylation is 1. The van der Waals surface area contributed by atoms with Crippen molar-refractivity contribution in [2.45, 2.75) is 6.92 Å². The van der Waals surface area contributed by atoms with E-state index in [0.717, 1.165) is 16.1 Å². The van der Waals surface area contributed by atoms with E-state index in [4.69, 9.17) is 12.2 Å². The van der Waals surface area contributed by atoms with Crippen molar-refractivity contribution >= 4 is 57.5 Å². The summed E-state index contributed by atoms with van der Waals surface area (Å²) in [6.07, 6.45) is 1.80. The second-order valence-electron chi connectivity index (χ2n) is 4.79. The van der Waals surface area contributed by atoms with E-state index in [-0.39, 0.29) is 11.8 Å². The smallest absolute Gasteiger partial charge is 0.266 e. The first-order chi connectivity index (χ1) is 11.1. The van der Waals surface area contributed by atoms with Crippen molar-refractivity contribution in [1.29, 1.82) is 0 Å². The summed E-state index contributed by atoms with van der Waals surface area (Å²) in [7, 11) is 0. The van der Waals surface area contributed by atoms with Crippen LogP contribution in [0.4, 0.5) is 0 Å². The van der Waals surface area contributed by atoms with Crippen molar-refractivity contribution in [2.24, 2.45) is 0 Å². The Labute approximate surface area is 147 Å². The van der Waals surface area contributed by atoms with Crippen LogP contribution in [0.2, 0.25) is 0 Å². The molecule has 0 bridgehead atoms. The highest BCUT2D eigenvalue weighted by Gasteiger charge is 2.33. The topological polar surface area (TPSA) is 49.4 Å². The molecule has 1 fully saturated rings. The number of carbonyl (C=O) groups excluding carboxylic acids is 2. The SMILES string of the molecule is Cc1ccccc1/C=C1/SC(=S)N(NC(=O)c2cccs2)C1=O. The summed E-state index contributed by atoms with van der Waals surface area (Å²) >= 11 is 7.70. The normalized spacial score (nSPS) is 16.2. The lowest BCUT2D eigenvalue weighted by Crippen LogP contribution is -2.44. The van der Waals surface area contributed by atoms with Crippen molar-refractivity contribution in [3.63, 3.8) is 0 Å². The third-order valence-corrected chi connectivity index (χ3v) is 5.40. The number of hydrazine groups is 1. The number of rotatable bonds is 3. The zero-order valence-corrected chi connectivity index (χ0v) is 14.6. The van der Waals surface area contributed by atoms with Gasteiger partial charge in [-0.3, -0.25) is 15.0 Å². The van der Waals surface area contributed by atoms with Crippen LogP contribution in [0.1, 0.15) is 20.8 Å². The van der Waals surface area contributed by atoms with Crippen LogP contribution in [-0.4, -0.2) is 21.1 Å². The van der Waals surface area contributed by atoms with E-state index in [1.165, 1.54) is 23.1 Å². The number of thioether (sulfide) groups is 1. The molecular formula is C16H12N2O2S3. The van der Waals surface area contributed by atoms with Crippen LogP contribution in [0.15, 0.2) is 46.7 Å². The molecule has 23 heavy (non-hydrogen) atoms. The minimum Gasteiger partial charge on any atom is -0.266 e. The Kier molecular flexibility index (Phi) is 4.61. The second-order valence-corrected chi connectivity index (χ2v) is 7.42. The van der Waals surface area contributed by atoms with Gasteiger partial charge in [0.05, 0.1) is 9.78 Å². The fourth-order valence-electron chi connectivity index (χ4n) is 2.02. The molecule has 2 amide bonds. The van der Waals surface area contributed by atoms with Crippen LogP contribution in [0.5, 0.6) is 0 Å². The number of benzene rings is 1. The average Bonchev–Trinajstić information content (AvgIpc) is 3.14. The minimum atomic E-state index is -0.339. The third kappa shape index (κ3) is 3.36. The van der Waals surface area contributed by atoms with Gasteiger partial charge in [-0.15, -0.1) is 11.3 Å². The van der Waals surface area contributed by atoms with Gasteiger partial charge in [-0.25, -0.2) is 0 Å². The first-order valence-corrected chi connectivity index (χ1v) is 8.85. The molecule has 2 heterocycles. The predicted octanol–water partition coefficient (Wildman–Crippen LogP) is 3.60. The Hall–Kier alpha value is -1.96. The highest BCUT2D eigenvalue weighted by molar-refractivity contribution is 8.26. The maximum atomic E-state index is 12.5. The lowest BCUT2D eigenvalue weighted by molar-refractivity contribution is -0.123. The molecule has 1 N–H and O–H groups in total. The molecule has 1 aliphatic heterocycles. The van der Waals surface area contributed by atoms with Crippen LogP contribution in [-0.2, 0) is 4.79 Å². The lowest BCUT2D eigenvalue weighted by atomic mass is 10.1. The number of nitrogens with one attached hydrogen (secondary N) is 1. The zero-order valence-electron chi connectivity index (χ0n) is 12.1. The molecule has 3 rings (SSSR count). The molecule has 7 heteroatoms. The highest BCUT2D eigenvalue weighted by Crippen LogP contribution is 2.32. The van der Waals surface area contributed by atoms with Gasteiger partial charge in [-0.2, -0.15) is 5.01 Å². The van der Waals surface area contributed by atoms with Gasteiger partial charge in [0.25, 0.3) is 11.8 Å². The fourth-order valence-corrected chi connectivity index (χ4v) is 3.80. The maximum Gasteiger partial charge on any atom is 0.285 e. The van der Waals surface area contributed by atoms with Gasteiger partial charge in [0.15, 0.2) is 4.32 Å². The van der Waals surface area contributed by atoms with Crippen molar-refractivity contribution in [2.75, 3.05) is 0 Å². The molecule has 1 saturated heterocycles. The number of amides is 2. The summed E-state index contributed by atoms with van der Waals surface area (Å²) in [5.74, 6) is -0.651. The number of nitrogens with zero attached hydrogens (tertiary/aromatic N) is 1. The molecule has 0 aliphatic carbocycles. The molecule has 1 aromatic carbocycles. The number of thiocarbonyl (C=S) groups is 1. The Bertz CT molecular complexity index is 812. The molecule has 1 aliphatic rings. The Morgan fingerprint density at radius 1 is 1.26 bits per heavy atom. The van der Waals surface area contributed by atoms with Crippen LogP contribution in [0.25, 0.3) is 6.08 Å². The van der Waals surface area contributed by atoms with E-state index in [0.29, 0.717) is 14.1 Å². The summed E-state index contributed by atoms with van der Waals surface area (Å²) < 4.78 is 0.319. The Balaban J connectivity index is 1.80. The molecule has 0 atom stereocenters. The summed E-state index contributed by atoms with van der Waals surface area (Å²) in [6, 6.07) is 11.2. The number of thiophene rings is 1. The molecule has 1 aromatic heterocycles. The molecule has 0 unspecified atom stereocenters. The second kappa shape index (κ2) is 6.66. The summed E-state index contributed by atoms with van der Waals surface area (Å²) in [5, 5.41) is 2.93. The minimum absolute atomic E-state index is 0.312. The molecule has 0 radical (unpaired) electrons. The number of carbonyl (C=O) groups is 2. The quantitative estimate of drug-likeness (QED) is 0.671. The molecule has 0 spiro atoms. The lowest BCUT2D eigenvalue weighted by Gasteiger charge is -2.14. The van der Waals surface area contributed by atoms with Crippen LogP contribution < -0.4 is 5.43 Å². The van der Waals surface area contributed by atoms with Gasteiger partial charge in [-0.1, -0.05) is 42.1 Å². The summed E-state index contributed by atoms with van der Waals surface area (Å²) in [6.45, 7) is 1.98. The van der Waals surface area contributed by atoms with Gasteiger partial charge in [0.1, 0.15) is 0 Å². The van der Waals surface area contributed by atoms with Gasteiger partial charge in [0, 0.05) is 0 Å². The standard InChI is InChI=1S/C16H12N2O2S3/c1-10-5-2-3-6-11(10)9-13-15(20)18(16(21)23-13)17-14(19)12-7-4-8-22-12/h2-9H,1H3,(H,17,19)/b13-9+. The van der Waals surface area contributed by atoms with E-state index >= 15 is 0 Å². The Morgan fingerprint density at radius 2 is 2.04 bits per heavy atom. The van der Waals surface area contributed by atoms with E-state index in [2.05, 4.69) is 5.43 Å². The molecule has 116 valence electrons.